The second-order valence-corrected chi connectivity index (χ2v) is 7.57. The number of thioether (sulfide) groups is 1. The monoisotopic (exact) mass is 301 g/mol. The summed E-state index contributed by atoms with van der Waals surface area (Å²) in [6, 6.07) is 5.63. The quantitative estimate of drug-likeness (QED) is 0.896. The second kappa shape index (κ2) is 6.15. The fourth-order valence-electron chi connectivity index (χ4n) is 2.41. The Morgan fingerprint density at radius 3 is 2.47 bits per heavy atom. The Bertz CT molecular complexity index is 513. The third-order valence-electron chi connectivity index (χ3n) is 3.46. The van der Waals surface area contributed by atoms with E-state index in [9.17, 15) is 13.5 Å². The van der Waals surface area contributed by atoms with Crippen molar-refractivity contribution in [3.63, 3.8) is 0 Å². The first-order valence-electron chi connectivity index (χ1n) is 6.37. The first-order valence-corrected chi connectivity index (χ1v) is 9.14. The summed E-state index contributed by atoms with van der Waals surface area (Å²) in [7, 11) is -3.49. The lowest BCUT2D eigenvalue weighted by atomic mass is 9.96. The fraction of sp³-hybridized carbons (Fsp3) is 0.538. The van der Waals surface area contributed by atoms with Gasteiger partial charge in [0.25, 0.3) is 0 Å². The van der Waals surface area contributed by atoms with Crippen LogP contribution in [0.5, 0.6) is 5.75 Å². The topological polar surface area (TPSA) is 66.4 Å². The van der Waals surface area contributed by atoms with Gasteiger partial charge >= 0.3 is 0 Å². The molecule has 0 aliphatic heterocycles. The third kappa shape index (κ3) is 3.64. The molecule has 0 radical (unpaired) electrons. The van der Waals surface area contributed by atoms with Crippen LogP contribution in [0, 0.1) is 0 Å². The summed E-state index contributed by atoms with van der Waals surface area (Å²) >= 11 is 1.73. The van der Waals surface area contributed by atoms with Gasteiger partial charge in [0, 0.05) is 11.3 Å². The third-order valence-corrected chi connectivity index (χ3v) is 6.13. The molecule has 0 spiro atoms. The van der Waals surface area contributed by atoms with E-state index in [2.05, 4.69) is 4.72 Å². The van der Waals surface area contributed by atoms with E-state index < -0.39 is 10.0 Å². The number of benzene rings is 1. The van der Waals surface area contributed by atoms with E-state index in [0.717, 1.165) is 19.3 Å². The molecule has 106 valence electrons. The van der Waals surface area contributed by atoms with Crippen LogP contribution in [0.25, 0.3) is 0 Å². The minimum atomic E-state index is -3.49. The van der Waals surface area contributed by atoms with Gasteiger partial charge < -0.3 is 5.11 Å². The molecular formula is C13H19NO3S2. The molecule has 2 N–H and O–H groups in total. The first-order chi connectivity index (χ1) is 9.03. The number of phenolic OH excluding ortho intramolecular Hbond substituents is 1. The maximum Gasteiger partial charge on any atom is 0.240 e. The van der Waals surface area contributed by atoms with Crippen LogP contribution in [-0.4, -0.2) is 31.1 Å². The van der Waals surface area contributed by atoms with E-state index in [0.29, 0.717) is 5.25 Å². The maximum atomic E-state index is 12.3. The Balaban J connectivity index is 2.14. The molecule has 1 fully saturated rings. The molecule has 1 aromatic carbocycles. The van der Waals surface area contributed by atoms with Crippen LogP contribution < -0.4 is 4.72 Å². The minimum absolute atomic E-state index is 0.00236. The van der Waals surface area contributed by atoms with E-state index in [4.69, 9.17) is 0 Å². The van der Waals surface area contributed by atoms with Crippen molar-refractivity contribution in [1.29, 1.82) is 0 Å². The normalized spacial score (nSPS) is 24.3. The summed E-state index contributed by atoms with van der Waals surface area (Å²) in [5.41, 5.74) is 0. The molecule has 2 atom stereocenters. The van der Waals surface area contributed by atoms with Crippen molar-refractivity contribution in [2.45, 2.75) is 41.9 Å². The molecule has 19 heavy (non-hydrogen) atoms. The van der Waals surface area contributed by atoms with Gasteiger partial charge in [0.1, 0.15) is 5.75 Å². The molecule has 0 amide bonds. The van der Waals surface area contributed by atoms with Crippen LogP contribution >= 0.6 is 11.8 Å². The summed E-state index contributed by atoms with van der Waals surface area (Å²) < 4.78 is 27.3. The van der Waals surface area contributed by atoms with Crippen LogP contribution in [0.2, 0.25) is 0 Å². The van der Waals surface area contributed by atoms with E-state index in [1.54, 1.807) is 11.8 Å². The molecule has 1 aliphatic carbocycles. The van der Waals surface area contributed by atoms with Gasteiger partial charge in [0.05, 0.1) is 4.90 Å². The first kappa shape index (κ1) is 14.7. The van der Waals surface area contributed by atoms with Gasteiger partial charge in [0.15, 0.2) is 0 Å². The molecule has 2 unspecified atom stereocenters. The number of aromatic hydroxyl groups is 1. The molecule has 4 nitrogen and oxygen atoms in total. The lowest BCUT2D eigenvalue weighted by Gasteiger charge is -2.30. The highest BCUT2D eigenvalue weighted by molar-refractivity contribution is 7.99. The minimum Gasteiger partial charge on any atom is -0.508 e. The number of sulfonamides is 1. The lowest BCUT2D eigenvalue weighted by Crippen LogP contribution is -2.43. The molecule has 0 heterocycles. The predicted molar refractivity (Wildman–Crippen MR) is 78.0 cm³/mol. The Morgan fingerprint density at radius 1 is 1.21 bits per heavy atom. The predicted octanol–water partition coefficient (Wildman–Crippen LogP) is 2.34. The van der Waals surface area contributed by atoms with Crippen molar-refractivity contribution < 1.29 is 13.5 Å². The van der Waals surface area contributed by atoms with Crippen LogP contribution in [-0.2, 0) is 10.0 Å². The molecule has 0 aromatic heterocycles. The van der Waals surface area contributed by atoms with E-state index in [1.165, 1.54) is 30.7 Å². The van der Waals surface area contributed by atoms with Gasteiger partial charge in [-0.05, 0) is 43.4 Å². The maximum absolute atomic E-state index is 12.3. The number of nitrogens with one attached hydrogen (secondary N) is 1. The zero-order chi connectivity index (χ0) is 13.9. The lowest BCUT2D eigenvalue weighted by molar-refractivity contribution is 0.423. The largest absolute Gasteiger partial charge is 0.508 e. The standard InChI is InChI=1S/C13H19NO3S2/c1-18-13-5-3-2-4-12(13)14-19(16,17)11-8-6-10(15)7-9-11/h6-9,12-15H,2-5H2,1H3. The zero-order valence-electron chi connectivity index (χ0n) is 10.9. The van der Waals surface area contributed by atoms with Gasteiger partial charge in [-0.3, -0.25) is 0 Å². The Labute approximate surface area is 118 Å². The highest BCUT2D eigenvalue weighted by atomic mass is 32.2. The Hall–Kier alpha value is -0.720. The molecular weight excluding hydrogens is 282 g/mol. The van der Waals surface area contributed by atoms with Crippen molar-refractivity contribution in [3.05, 3.63) is 24.3 Å². The van der Waals surface area contributed by atoms with E-state index in [-0.39, 0.29) is 16.7 Å². The van der Waals surface area contributed by atoms with E-state index in [1.807, 2.05) is 6.26 Å². The van der Waals surface area contributed by atoms with Crippen molar-refractivity contribution in [3.8, 4) is 5.75 Å². The average Bonchev–Trinajstić information content (AvgIpc) is 2.39. The average molecular weight is 301 g/mol. The van der Waals surface area contributed by atoms with Gasteiger partial charge in [0.2, 0.25) is 10.0 Å². The van der Waals surface area contributed by atoms with Crippen molar-refractivity contribution >= 4 is 21.8 Å². The number of hydrogen-bond donors (Lipinski definition) is 2. The molecule has 6 heteroatoms. The molecule has 0 saturated heterocycles. The highest BCUT2D eigenvalue weighted by Gasteiger charge is 2.28. The summed E-state index contributed by atoms with van der Waals surface area (Å²) in [5.74, 6) is 0.0682. The number of hydrogen-bond acceptors (Lipinski definition) is 4. The molecule has 1 aliphatic rings. The highest BCUT2D eigenvalue weighted by Crippen LogP contribution is 2.28. The van der Waals surface area contributed by atoms with Crippen molar-refractivity contribution in [1.82, 2.24) is 4.72 Å². The molecule has 1 saturated carbocycles. The number of rotatable bonds is 4. The SMILES string of the molecule is CSC1CCCCC1NS(=O)(=O)c1ccc(O)cc1. The summed E-state index contributed by atoms with van der Waals surface area (Å²) in [6.45, 7) is 0. The van der Waals surface area contributed by atoms with Crippen LogP contribution in [0.15, 0.2) is 29.2 Å². The Kier molecular flexibility index (Phi) is 4.76. The van der Waals surface area contributed by atoms with Gasteiger partial charge in [-0.1, -0.05) is 12.8 Å². The summed E-state index contributed by atoms with van der Waals surface area (Å²) in [4.78, 5) is 0.204. The second-order valence-electron chi connectivity index (χ2n) is 4.78. The van der Waals surface area contributed by atoms with Crippen molar-refractivity contribution in [2.75, 3.05) is 6.26 Å². The zero-order valence-corrected chi connectivity index (χ0v) is 12.5. The van der Waals surface area contributed by atoms with Gasteiger partial charge in [-0.2, -0.15) is 11.8 Å². The fourth-order valence-corrected chi connectivity index (χ4v) is 4.74. The van der Waals surface area contributed by atoms with E-state index >= 15 is 0 Å². The van der Waals surface area contributed by atoms with Crippen molar-refractivity contribution in [2.24, 2.45) is 0 Å². The number of phenols is 1. The molecule has 1 aromatic rings. The van der Waals surface area contributed by atoms with Crippen LogP contribution in [0.4, 0.5) is 0 Å². The summed E-state index contributed by atoms with van der Waals surface area (Å²) in [6.07, 6.45) is 6.22. The van der Waals surface area contributed by atoms with Crippen LogP contribution in [0.3, 0.4) is 0 Å². The van der Waals surface area contributed by atoms with Gasteiger partial charge in [-0.15, -0.1) is 0 Å². The summed E-state index contributed by atoms with van der Waals surface area (Å²) in [5, 5.41) is 9.55. The van der Waals surface area contributed by atoms with Crippen LogP contribution in [0.1, 0.15) is 25.7 Å². The van der Waals surface area contributed by atoms with Gasteiger partial charge in [-0.25, -0.2) is 13.1 Å². The molecule has 0 bridgehead atoms. The Morgan fingerprint density at radius 2 is 1.84 bits per heavy atom. The molecule has 2 rings (SSSR count). The smallest absolute Gasteiger partial charge is 0.240 e.